The molecule has 102 valence electrons. The highest BCUT2D eigenvalue weighted by molar-refractivity contribution is 6.09. The van der Waals surface area contributed by atoms with Crippen molar-refractivity contribution in [1.29, 1.82) is 0 Å². The molecule has 1 aromatic rings. The second-order valence-corrected chi connectivity index (χ2v) is 5.30. The normalized spacial score (nSPS) is 24.7. The number of rotatable bonds is 3. The molecule has 1 aromatic carbocycles. The monoisotopic (exact) mass is 263 g/mol. The lowest BCUT2D eigenvalue weighted by Gasteiger charge is -2.21. The average molecular weight is 263 g/mol. The third-order valence-electron chi connectivity index (χ3n) is 3.07. The second kappa shape index (κ2) is 4.99. The van der Waals surface area contributed by atoms with Crippen LogP contribution in [0.4, 0.5) is 4.39 Å². The molecule has 1 fully saturated rings. The fourth-order valence-corrected chi connectivity index (χ4v) is 1.91. The third kappa shape index (κ3) is 2.75. The molecule has 1 heterocycles. The Morgan fingerprint density at radius 3 is 2.79 bits per heavy atom. The highest BCUT2D eigenvalue weighted by atomic mass is 19.1. The zero-order valence-corrected chi connectivity index (χ0v) is 11.3. The van der Waals surface area contributed by atoms with E-state index in [9.17, 15) is 9.18 Å². The van der Waals surface area contributed by atoms with Gasteiger partial charge in [0.25, 0.3) is 5.91 Å². The van der Waals surface area contributed by atoms with Gasteiger partial charge in [0.2, 0.25) is 0 Å². The Balaban J connectivity index is 2.25. The molecule has 4 nitrogen and oxygen atoms in total. The molecule has 0 spiro atoms. The Morgan fingerprint density at radius 1 is 1.42 bits per heavy atom. The molecule has 2 rings (SSSR count). The van der Waals surface area contributed by atoms with Crippen molar-refractivity contribution in [3.05, 3.63) is 35.6 Å². The lowest BCUT2D eigenvalue weighted by atomic mass is 9.92. The van der Waals surface area contributed by atoms with Crippen molar-refractivity contribution in [2.45, 2.75) is 26.3 Å². The van der Waals surface area contributed by atoms with Gasteiger partial charge in [-0.2, -0.15) is 0 Å². The van der Waals surface area contributed by atoms with Crippen molar-refractivity contribution < 1.29 is 9.18 Å². The average Bonchev–Trinajstić information content (AvgIpc) is 2.64. The molecule has 0 radical (unpaired) electrons. The Morgan fingerprint density at radius 2 is 2.16 bits per heavy atom. The number of benzene rings is 1. The summed E-state index contributed by atoms with van der Waals surface area (Å²) in [5.41, 5.74) is -0.391. The summed E-state index contributed by atoms with van der Waals surface area (Å²) in [6.45, 7) is 6.44. The smallest absolute Gasteiger partial charge is 0.256 e. The van der Waals surface area contributed by atoms with E-state index in [2.05, 4.69) is 15.6 Å². The molecule has 1 aliphatic heterocycles. The summed E-state index contributed by atoms with van der Waals surface area (Å²) in [7, 11) is 0. The van der Waals surface area contributed by atoms with E-state index in [-0.39, 0.29) is 11.7 Å². The number of halogens is 1. The first-order chi connectivity index (χ1) is 8.91. The summed E-state index contributed by atoms with van der Waals surface area (Å²) in [4.78, 5) is 16.4. The van der Waals surface area contributed by atoms with E-state index in [0.717, 1.165) is 0 Å². The van der Waals surface area contributed by atoms with Crippen LogP contribution in [0.1, 0.15) is 26.3 Å². The van der Waals surface area contributed by atoms with Crippen LogP contribution < -0.4 is 10.6 Å². The van der Waals surface area contributed by atoms with Gasteiger partial charge in [-0.05, 0) is 30.5 Å². The van der Waals surface area contributed by atoms with Crippen molar-refractivity contribution in [3.63, 3.8) is 0 Å². The molecule has 19 heavy (non-hydrogen) atoms. The summed E-state index contributed by atoms with van der Waals surface area (Å²) in [5.74, 6) is 0.277. The van der Waals surface area contributed by atoms with Gasteiger partial charge in [-0.15, -0.1) is 0 Å². The van der Waals surface area contributed by atoms with Gasteiger partial charge in [-0.1, -0.05) is 26.0 Å². The number of amides is 1. The third-order valence-corrected chi connectivity index (χ3v) is 3.07. The fraction of sp³-hybridized carbons (Fsp3) is 0.429. The van der Waals surface area contributed by atoms with Gasteiger partial charge in [-0.3, -0.25) is 15.1 Å². The largest absolute Gasteiger partial charge is 0.338 e. The van der Waals surface area contributed by atoms with Crippen LogP contribution in [-0.2, 0) is 10.3 Å². The number of nitrogens with zero attached hydrogens (tertiary/aromatic N) is 1. The van der Waals surface area contributed by atoms with Crippen molar-refractivity contribution in [2.24, 2.45) is 10.9 Å². The van der Waals surface area contributed by atoms with Gasteiger partial charge in [0, 0.05) is 6.54 Å². The standard InChI is InChI=1S/C14H18FN3O/c1-9(2)8-16-13-17-12(19)14(3,18-13)10-5-4-6-11(15)7-10/h4-7,9H,8H2,1-3H3,(H2,16,17,18,19). The molecule has 1 atom stereocenters. The van der Waals surface area contributed by atoms with Crippen LogP contribution in [0, 0.1) is 11.7 Å². The summed E-state index contributed by atoms with van der Waals surface area (Å²) in [6, 6.07) is 6.03. The highest BCUT2D eigenvalue weighted by Crippen LogP contribution is 2.24. The summed E-state index contributed by atoms with van der Waals surface area (Å²) in [5, 5.41) is 5.73. The zero-order valence-electron chi connectivity index (χ0n) is 11.3. The van der Waals surface area contributed by atoms with Gasteiger partial charge in [0.15, 0.2) is 5.96 Å². The SMILES string of the molecule is CC(C)CN=C1NC(=O)C(C)(c2cccc(F)c2)N1. The van der Waals surface area contributed by atoms with E-state index < -0.39 is 5.54 Å². The van der Waals surface area contributed by atoms with Gasteiger partial charge in [0.05, 0.1) is 0 Å². The van der Waals surface area contributed by atoms with Crippen LogP contribution in [0.25, 0.3) is 0 Å². The predicted molar refractivity (Wildman–Crippen MR) is 72.2 cm³/mol. The zero-order chi connectivity index (χ0) is 14.0. The molecular weight excluding hydrogens is 245 g/mol. The molecule has 0 saturated carbocycles. The number of carbonyl (C=O) groups excluding carboxylic acids is 1. The van der Waals surface area contributed by atoms with E-state index in [0.29, 0.717) is 24.0 Å². The molecule has 1 aliphatic rings. The number of carbonyl (C=O) groups is 1. The van der Waals surface area contributed by atoms with Gasteiger partial charge < -0.3 is 5.32 Å². The first-order valence-electron chi connectivity index (χ1n) is 6.32. The lowest BCUT2D eigenvalue weighted by molar-refractivity contribution is -0.123. The first-order valence-corrected chi connectivity index (χ1v) is 6.32. The quantitative estimate of drug-likeness (QED) is 0.873. The summed E-state index contributed by atoms with van der Waals surface area (Å²) >= 11 is 0. The van der Waals surface area contributed by atoms with Crippen molar-refractivity contribution in [1.82, 2.24) is 10.6 Å². The van der Waals surface area contributed by atoms with Crippen LogP contribution >= 0.6 is 0 Å². The Labute approximate surface area is 112 Å². The highest BCUT2D eigenvalue weighted by Gasteiger charge is 2.42. The molecule has 5 heteroatoms. The minimum absolute atomic E-state index is 0.222. The molecule has 1 unspecified atom stereocenters. The number of nitrogens with one attached hydrogen (secondary N) is 2. The van der Waals surface area contributed by atoms with E-state index in [1.807, 2.05) is 13.8 Å². The van der Waals surface area contributed by atoms with Crippen molar-refractivity contribution >= 4 is 11.9 Å². The number of aliphatic imine (C=N–C) groups is 1. The van der Waals surface area contributed by atoms with Crippen LogP contribution in [0.5, 0.6) is 0 Å². The maximum atomic E-state index is 13.3. The Bertz CT molecular complexity index is 527. The Hall–Kier alpha value is -1.91. The molecule has 2 N–H and O–H groups in total. The van der Waals surface area contributed by atoms with Crippen LogP contribution in [0.15, 0.2) is 29.3 Å². The van der Waals surface area contributed by atoms with E-state index >= 15 is 0 Å². The minimum Gasteiger partial charge on any atom is -0.338 e. The van der Waals surface area contributed by atoms with Gasteiger partial charge in [-0.25, -0.2) is 4.39 Å². The van der Waals surface area contributed by atoms with E-state index in [4.69, 9.17) is 0 Å². The van der Waals surface area contributed by atoms with Crippen LogP contribution in [-0.4, -0.2) is 18.4 Å². The van der Waals surface area contributed by atoms with E-state index in [1.54, 1.807) is 19.1 Å². The maximum absolute atomic E-state index is 13.3. The molecular formula is C14H18FN3O. The van der Waals surface area contributed by atoms with E-state index in [1.165, 1.54) is 12.1 Å². The first kappa shape index (κ1) is 13.5. The molecule has 0 aliphatic carbocycles. The van der Waals surface area contributed by atoms with Gasteiger partial charge in [0.1, 0.15) is 11.4 Å². The maximum Gasteiger partial charge on any atom is 0.256 e. The Kier molecular flexibility index (Phi) is 3.55. The minimum atomic E-state index is -0.974. The van der Waals surface area contributed by atoms with Crippen LogP contribution in [0.2, 0.25) is 0 Å². The molecule has 0 aromatic heterocycles. The molecule has 1 saturated heterocycles. The summed E-state index contributed by atoms with van der Waals surface area (Å²) in [6.07, 6.45) is 0. The van der Waals surface area contributed by atoms with Crippen LogP contribution in [0.3, 0.4) is 0 Å². The topological polar surface area (TPSA) is 53.5 Å². The summed E-state index contributed by atoms with van der Waals surface area (Å²) < 4.78 is 13.3. The number of hydrogen-bond donors (Lipinski definition) is 2. The number of hydrogen-bond acceptors (Lipinski definition) is 2. The predicted octanol–water partition coefficient (Wildman–Crippen LogP) is 1.77. The molecule has 0 bridgehead atoms. The second-order valence-electron chi connectivity index (χ2n) is 5.30. The number of guanidine groups is 1. The van der Waals surface area contributed by atoms with Crippen molar-refractivity contribution in [3.8, 4) is 0 Å². The van der Waals surface area contributed by atoms with Crippen molar-refractivity contribution in [2.75, 3.05) is 6.54 Å². The van der Waals surface area contributed by atoms with Gasteiger partial charge >= 0.3 is 0 Å². The fourth-order valence-electron chi connectivity index (χ4n) is 1.91. The molecule has 1 amide bonds. The lowest BCUT2D eigenvalue weighted by Crippen LogP contribution is -2.40.